The molecule has 0 spiro atoms. The van der Waals surface area contributed by atoms with Crippen molar-refractivity contribution in [3.8, 4) is 0 Å². The SMILES string of the molecule is CC(=O)OC1CCC2=C1CNC2. The van der Waals surface area contributed by atoms with Gasteiger partial charge in [0.15, 0.2) is 0 Å². The van der Waals surface area contributed by atoms with Crippen LogP contribution in [0.2, 0.25) is 0 Å². The molecule has 12 heavy (non-hydrogen) atoms. The van der Waals surface area contributed by atoms with E-state index in [2.05, 4.69) is 5.32 Å². The van der Waals surface area contributed by atoms with E-state index < -0.39 is 0 Å². The van der Waals surface area contributed by atoms with Gasteiger partial charge in [0.1, 0.15) is 6.10 Å². The third-order valence-electron chi connectivity index (χ3n) is 2.51. The molecule has 66 valence electrons. The van der Waals surface area contributed by atoms with Crippen molar-refractivity contribution in [1.29, 1.82) is 0 Å². The van der Waals surface area contributed by atoms with E-state index in [9.17, 15) is 4.79 Å². The molecule has 0 radical (unpaired) electrons. The van der Waals surface area contributed by atoms with Gasteiger partial charge in [0.05, 0.1) is 0 Å². The minimum atomic E-state index is -0.166. The molecule has 0 saturated carbocycles. The summed E-state index contributed by atoms with van der Waals surface area (Å²) in [4.78, 5) is 10.7. The second kappa shape index (κ2) is 2.90. The number of carbonyl (C=O) groups excluding carboxylic acids is 1. The molecule has 0 aromatic rings. The van der Waals surface area contributed by atoms with Crippen molar-refractivity contribution in [2.24, 2.45) is 0 Å². The normalized spacial score (nSPS) is 27.6. The molecule has 0 fully saturated rings. The van der Waals surface area contributed by atoms with Crippen molar-refractivity contribution in [2.75, 3.05) is 13.1 Å². The molecule has 3 heteroatoms. The lowest BCUT2D eigenvalue weighted by atomic mass is 10.2. The highest BCUT2D eigenvalue weighted by atomic mass is 16.5. The van der Waals surface area contributed by atoms with Gasteiger partial charge in [0.25, 0.3) is 0 Å². The molecule has 1 unspecified atom stereocenters. The molecule has 0 aromatic heterocycles. The molecule has 3 nitrogen and oxygen atoms in total. The molecular weight excluding hydrogens is 154 g/mol. The zero-order chi connectivity index (χ0) is 8.55. The lowest BCUT2D eigenvalue weighted by Crippen LogP contribution is -2.21. The Morgan fingerprint density at radius 3 is 3.17 bits per heavy atom. The van der Waals surface area contributed by atoms with Crippen LogP contribution in [-0.2, 0) is 9.53 Å². The summed E-state index contributed by atoms with van der Waals surface area (Å²) in [6.45, 7) is 3.38. The summed E-state index contributed by atoms with van der Waals surface area (Å²) in [6, 6.07) is 0. The third-order valence-corrected chi connectivity index (χ3v) is 2.51. The molecule has 1 atom stereocenters. The summed E-state index contributed by atoms with van der Waals surface area (Å²) >= 11 is 0. The lowest BCUT2D eigenvalue weighted by Gasteiger charge is -2.13. The van der Waals surface area contributed by atoms with Gasteiger partial charge in [-0.25, -0.2) is 0 Å². The zero-order valence-corrected chi connectivity index (χ0v) is 7.22. The zero-order valence-electron chi connectivity index (χ0n) is 7.22. The first-order valence-corrected chi connectivity index (χ1v) is 4.36. The maximum Gasteiger partial charge on any atom is 0.303 e. The number of nitrogens with one attached hydrogen (secondary N) is 1. The van der Waals surface area contributed by atoms with Crippen molar-refractivity contribution in [2.45, 2.75) is 25.9 Å². The molecule has 1 N–H and O–H groups in total. The van der Waals surface area contributed by atoms with Crippen LogP contribution >= 0.6 is 0 Å². The van der Waals surface area contributed by atoms with Crippen LogP contribution in [0, 0.1) is 0 Å². The number of ether oxygens (including phenoxy) is 1. The smallest absolute Gasteiger partial charge is 0.303 e. The fraction of sp³-hybridized carbons (Fsp3) is 0.667. The van der Waals surface area contributed by atoms with Crippen LogP contribution in [0.3, 0.4) is 0 Å². The quantitative estimate of drug-likeness (QED) is 0.459. The highest BCUT2D eigenvalue weighted by molar-refractivity contribution is 5.66. The molecular formula is C9H13NO2. The van der Waals surface area contributed by atoms with Gasteiger partial charge in [-0.15, -0.1) is 0 Å². The van der Waals surface area contributed by atoms with E-state index in [1.807, 2.05) is 0 Å². The Morgan fingerprint density at radius 1 is 1.58 bits per heavy atom. The Balaban J connectivity index is 2.05. The fourth-order valence-corrected chi connectivity index (χ4v) is 1.99. The second-order valence-electron chi connectivity index (χ2n) is 3.37. The molecule has 2 aliphatic rings. The topological polar surface area (TPSA) is 38.3 Å². The van der Waals surface area contributed by atoms with Crippen molar-refractivity contribution in [3.05, 3.63) is 11.1 Å². The summed E-state index contributed by atoms with van der Waals surface area (Å²) in [6.07, 6.45) is 2.17. The summed E-state index contributed by atoms with van der Waals surface area (Å²) in [7, 11) is 0. The van der Waals surface area contributed by atoms with E-state index in [-0.39, 0.29) is 12.1 Å². The van der Waals surface area contributed by atoms with Crippen LogP contribution in [0.5, 0.6) is 0 Å². The highest BCUT2D eigenvalue weighted by Crippen LogP contribution is 2.30. The van der Waals surface area contributed by atoms with Gasteiger partial charge < -0.3 is 10.1 Å². The van der Waals surface area contributed by atoms with Gasteiger partial charge in [0.2, 0.25) is 0 Å². The van der Waals surface area contributed by atoms with Gasteiger partial charge in [-0.3, -0.25) is 4.79 Å². The van der Waals surface area contributed by atoms with Crippen LogP contribution in [0.15, 0.2) is 11.1 Å². The number of hydrogen-bond acceptors (Lipinski definition) is 3. The maximum atomic E-state index is 10.7. The van der Waals surface area contributed by atoms with Gasteiger partial charge in [-0.1, -0.05) is 5.57 Å². The Labute approximate surface area is 71.8 Å². The van der Waals surface area contributed by atoms with Gasteiger partial charge in [-0.05, 0) is 18.4 Å². The molecule has 0 amide bonds. The van der Waals surface area contributed by atoms with Crippen LogP contribution in [0.25, 0.3) is 0 Å². The van der Waals surface area contributed by atoms with Crippen LogP contribution in [0.1, 0.15) is 19.8 Å². The van der Waals surface area contributed by atoms with Crippen molar-refractivity contribution in [1.82, 2.24) is 5.32 Å². The predicted octanol–water partition coefficient (Wildman–Crippen LogP) is 0.612. The van der Waals surface area contributed by atoms with Gasteiger partial charge in [0, 0.05) is 20.0 Å². The third kappa shape index (κ3) is 1.25. The first-order chi connectivity index (χ1) is 5.77. The fourth-order valence-electron chi connectivity index (χ4n) is 1.99. The van der Waals surface area contributed by atoms with Crippen LogP contribution in [0.4, 0.5) is 0 Å². The van der Waals surface area contributed by atoms with Crippen LogP contribution < -0.4 is 5.32 Å². The molecule has 1 aliphatic carbocycles. The first kappa shape index (κ1) is 7.80. The van der Waals surface area contributed by atoms with Crippen LogP contribution in [-0.4, -0.2) is 25.2 Å². The molecule has 2 rings (SSSR count). The molecule has 1 heterocycles. The van der Waals surface area contributed by atoms with E-state index >= 15 is 0 Å². The minimum Gasteiger partial charge on any atom is -0.458 e. The number of hydrogen-bond donors (Lipinski definition) is 1. The molecule has 0 saturated heterocycles. The highest BCUT2D eigenvalue weighted by Gasteiger charge is 2.30. The van der Waals surface area contributed by atoms with E-state index in [0.717, 1.165) is 25.9 Å². The van der Waals surface area contributed by atoms with Crippen molar-refractivity contribution >= 4 is 5.97 Å². The van der Waals surface area contributed by atoms with E-state index in [0.29, 0.717) is 0 Å². The molecule has 1 aliphatic heterocycles. The Morgan fingerprint density at radius 2 is 2.42 bits per heavy atom. The number of carbonyl (C=O) groups is 1. The van der Waals surface area contributed by atoms with E-state index in [1.165, 1.54) is 18.1 Å². The van der Waals surface area contributed by atoms with Gasteiger partial charge >= 0.3 is 5.97 Å². The summed E-state index contributed by atoms with van der Waals surface area (Å²) < 4.78 is 5.19. The lowest BCUT2D eigenvalue weighted by molar-refractivity contribution is -0.144. The van der Waals surface area contributed by atoms with E-state index in [1.54, 1.807) is 0 Å². The summed E-state index contributed by atoms with van der Waals surface area (Å²) in [5, 5.41) is 3.26. The average Bonchev–Trinajstić information content (AvgIpc) is 2.52. The molecule has 0 bridgehead atoms. The minimum absolute atomic E-state index is 0.0764. The maximum absolute atomic E-state index is 10.7. The summed E-state index contributed by atoms with van der Waals surface area (Å²) in [5.41, 5.74) is 2.78. The van der Waals surface area contributed by atoms with Gasteiger partial charge in [-0.2, -0.15) is 0 Å². The molecule has 0 aromatic carbocycles. The average molecular weight is 167 g/mol. The first-order valence-electron chi connectivity index (χ1n) is 4.36. The Kier molecular flexibility index (Phi) is 1.89. The Hall–Kier alpha value is -0.830. The largest absolute Gasteiger partial charge is 0.458 e. The number of rotatable bonds is 1. The number of esters is 1. The summed E-state index contributed by atoms with van der Waals surface area (Å²) in [5.74, 6) is -0.166. The second-order valence-corrected chi connectivity index (χ2v) is 3.37. The predicted molar refractivity (Wildman–Crippen MR) is 44.7 cm³/mol. The van der Waals surface area contributed by atoms with Crippen molar-refractivity contribution in [3.63, 3.8) is 0 Å². The standard InChI is InChI=1S/C9H13NO2/c1-6(11)12-9-3-2-7-4-10-5-8(7)9/h9-10H,2-5H2,1H3. The van der Waals surface area contributed by atoms with Crippen molar-refractivity contribution < 1.29 is 9.53 Å². The Bertz CT molecular complexity index is 245. The monoisotopic (exact) mass is 167 g/mol. The van der Waals surface area contributed by atoms with E-state index in [4.69, 9.17) is 4.74 Å².